The van der Waals surface area contributed by atoms with Crippen LogP contribution < -0.4 is 20.1 Å². The molecule has 0 radical (unpaired) electrons. The van der Waals surface area contributed by atoms with Crippen molar-refractivity contribution in [2.45, 2.75) is 26.2 Å². The van der Waals surface area contributed by atoms with Crippen LogP contribution in [0.15, 0.2) is 47.5 Å². The summed E-state index contributed by atoms with van der Waals surface area (Å²) < 4.78 is 10.6. The van der Waals surface area contributed by atoms with Crippen molar-refractivity contribution in [3.05, 3.63) is 59.2 Å². The van der Waals surface area contributed by atoms with Crippen LogP contribution in [0, 0.1) is 6.92 Å². The van der Waals surface area contributed by atoms with E-state index >= 15 is 0 Å². The molecule has 2 rings (SSSR count). The highest BCUT2D eigenvalue weighted by atomic mass is 16.5. The predicted octanol–water partition coefficient (Wildman–Crippen LogP) is 3.52. The summed E-state index contributed by atoms with van der Waals surface area (Å²) in [5.41, 5.74) is 3.81. The van der Waals surface area contributed by atoms with Gasteiger partial charge in [0, 0.05) is 20.1 Å². The fourth-order valence-corrected chi connectivity index (χ4v) is 2.93. The van der Waals surface area contributed by atoms with Gasteiger partial charge in [0.25, 0.3) is 0 Å². The molecule has 1 unspecified atom stereocenters. The van der Waals surface area contributed by atoms with E-state index in [4.69, 9.17) is 9.47 Å². The monoisotopic (exact) mass is 369 g/mol. The summed E-state index contributed by atoms with van der Waals surface area (Å²) >= 11 is 0. The summed E-state index contributed by atoms with van der Waals surface area (Å²) in [6.45, 7) is 5.96. The van der Waals surface area contributed by atoms with Crippen molar-refractivity contribution in [1.29, 1.82) is 0 Å². The van der Waals surface area contributed by atoms with E-state index in [0.29, 0.717) is 5.92 Å². The maximum absolute atomic E-state index is 5.36. The van der Waals surface area contributed by atoms with Crippen LogP contribution in [0.4, 0.5) is 0 Å². The van der Waals surface area contributed by atoms with Gasteiger partial charge in [0.15, 0.2) is 17.5 Å². The van der Waals surface area contributed by atoms with Gasteiger partial charge in [0.2, 0.25) is 0 Å². The molecule has 2 N–H and O–H groups in total. The van der Waals surface area contributed by atoms with Crippen molar-refractivity contribution in [3.8, 4) is 11.5 Å². The van der Waals surface area contributed by atoms with Crippen LogP contribution in [-0.2, 0) is 6.42 Å². The smallest absolute Gasteiger partial charge is 0.191 e. The van der Waals surface area contributed by atoms with Crippen LogP contribution >= 0.6 is 0 Å². The van der Waals surface area contributed by atoms with Gasteiger partial charge in [-0.1, -0.05) is 42.8 Å². The summed E-state index contributed by atoms with van der Waals surface area (Å²) in [7, 11) is 5.09. The van der Waals surface area contributed by atoms with Gasteiger partial charge in [-0.15, -0.1) is 0 Å². The summed E-state index contributed by atoms with van der Waals surface area (Å²) in [5, 5.41) is 6.78. The molecule has 0 heterocycles. The van der Waals surface area contributed by atoms with Crippen LogP contribution in [0.3, 0.4) is 0 Å². The van der Waals surface area contributed by atoms with Crippen molar-refractivity contribution in [1.82, 2.24) is 10.6 Å². The zero-order chi connectivity index (χ0) is 19.6. The van der Waals surface area contributed by atoms with Crippen LogP contribution in [0.5, 0.6) is 11.5 Å². The minimum absolute atomic E-state index is 0.411. The fourth-order valence-electron chi connectivity index (χ4n) is 2.93. The third-order valence-corrected chi connectivity index (χ3v) is 4.56. The molecular formula is C22H31N3O2. The maximum atomic E-state index is 5.36. The largest absolute Gasteiger partial charge is 0.493 e. The first kappa shape index (κ1) is 20.6. The molecule has 2 aromatic carbocycles. The number of nitrogens with zero attached hydrogens (tertiary/aromatic N) is 1. The van der Waals surface area contributed by atoms with Gasteiger partial charge < -0.3 is 20.1 Å². The number of ether oxygens (including phenoxy) is 2. The number of nitrogens with one attached hydrogen (secondary N) is 2. The highest BCUT2D eigenvalue weighted by Gasteiger charge is 2.08. The van der Waals surface area contributed by atoms with Gasteiger partial charge >= 0.3 is 0 Å². The molecule has 0 fully saturated rings. The molecule has 1 atom stereocenters. The van der Waals surface area contributed by atoms with E-state index in [1.807, 2.05) is 12.1 Å². The lowest BCUT2D eigenvalue weighted by atomic mass is 9.99. The second-order valence-electron chi connectivity index (χ2n) is 6.63. The second-order valence-corrected chi connectivity index (χ2v) is 6.63. The summed E-state index contributed by atoms with van der Waals surface area (Å²) in [5.74, 6) is 2.73. The number of guanidine groups is 1. The molecule has 0 amide bonds. The molecule has 0 saturated carbocycles. The molecule has 0 aliphatic rings. The maximum Gasteiger partial charge on any atom is 0.191 e. The minimum Gasteiger partial charge on any atom is -0.493 e. The molecule has 5 heteroatoms. The fraction of sp³-hybridized carbons (Fsp3) is 0.409. The molecule has 0 aliphatic carbocycles. The Morgan fingerprint density at radius 3 is 2.48 bits per heavy atom. The van der Waals surface area contributed by atoms with Crippen molar-refractivity contribution in [3.63, 3.8) is 0 Å². The molecule has 146 valence electrons. The average molecular weight is 370 g/mol. The number of aliphatic imine (C=N–C) groups is 1. The van der Waals surface area contributed by atoms with Gasteiger partial charge in [0.05, 0.1) is 14.2 Å². The Labute approximate surface area is 162 Å². The van der Waals surface area contributed by atoms with Crippen molar-refractivity contribution in [2.75, 3.05) is 34.4 Å². The Morgan fingerprint density at radius 2 is 1.81 bits per heavy atom. The lowest BCUT2D eigenvalue weighted by molar-refractivity contribution is 0.354. The normalized spacial score (nSPS) is 12.4. The Balaban J connectivity index is 1.82. The van der Waals surface area contributed by atoms with Crippen molar-refractivity contribution < 1.29 is 9.47 Å². The molecule has 0 aliphatic heterocycles. The Morgan fingerprint density at radius 1 is 1.04 bits per heavy atom. The molecule has 5 nitrogen and oxygen atoms in total. The first-order valence-corrected chi connectivity index (χ1v) is 9.29. The summed E-state index contributed by atoms with van der Waals surface area (Å²) in [4.78, 5) is 4.31. The predicted molar refractivity (Wildman–Crippen MR) is 112 cm³/mol. The highest BCUT2D eigenvalue weighted by Crippen LogP contribution is 2.27. The van der Waals surface area contributed by atoms with E-state index < -0.39 is 0 Å². The first-order valence-electron chi connectivity index (χ1n) is 9.29. The lowest BCUT2D eigenvalue weighted by Crippen LogP contribution is -2.39. The summed E-state index contributed by atoms with van der Waals surface area (Å²) in [6, 6.07) is 14.6. The standard InChI is InChI=1S/C22H31N3O2/c1-16-7-6-8-19(13-16)17(2)15-25-22(23-3)24-12-11-18-9-10-20(26-4)21(14-18)27-5/h6-10,13-14,17H,11-12,15H2,1-5H3,(H2,23,24,25). The zero-order valence-electron chi connectivity index (χ0n) is 17.0. The van der Waals surface area contributed by atoms with Crippen LogP contribution in [0.2, 0.25) is 0 Å². The van der Waals surface area contributed by atoms with Crippen LogP contribution in [-0.4, -0.2) is 40.3 Å². The van der Waals surface area contributed by atoms with E-state index in [0.717, 1.165) is 37.0 Å². The van der Waals surface area contributed by atoms with Gasteiger partial charge in [-0.2, -0.15) is 0 Å². The number of hydrogen-bond donors (Lipinski definition) is 2. The van der Waals surface area contributed by atoms with Crippen LogP contribution in [0.1, 0.15) is 29.5 Å². The first-order chi connectivity index (χ1) is 13.1. The molecule has 0 aromatic heterocycles. The molecule has 27 heavy (non-hydrogen) atoms. The number of methoxy groups -OCH3 is 2. The van der Waals surface area contributed by atoms with E-state index in [1.54, 1.807) is 21.3 Å². The van der Waals surface area contributed by atoms with E-state index in [-0.39, 0.29) is 0 Å². The van der Waals surface area contributed by atoms with E-state index in [2.05, 4.69) is 59.8 Å². The van der Waals surface area contributed by atoms with E-state index in [1.165, 1.54) is 16.7 Å². The van der Waals surface area contributed by atoms with Gasteiger partial charge in [-0.3, -0.25) is 4.99 Å². The topological polar surface area (TPSA) is 54.9 Å². The Hall–Kier alpha value is -2.69. The zero-order valence-corrected chi connectivity index (χ0v) is 17.0. The average Bonchev–Trinajstić information content (AvgIpc) is 2.70. The van der Waals surface area contributed by atoms with Crippen LogP contribution in [0.25, 0.3) is 0 Å². The third-order valence-electron chi connectivity index (χ3n) is 4.56. The molecule has 0 bridgehead atoms. The van der Waals surface area contributed by atoms with E-state index in [9.17, 15) is 0 Å². The highest BCUT2D eigenvalue weighted by molar-refractivity contribution is 5.79. The Kier molecular flexibility index (Phi) is 7.99. The van der Waals surface area contributed by atoms with Crippen molar-refractivity contribution in [2.24, 2.45) is 4.99 Å². The number of benzene rings is 2. The summed E-state index contributed by atoms with van der Waals surface area (Å²) in [6.07, 6.45) is 0.870. The molecule has 2 aromatic rings. The van der Waals surface area contributed by atoms with Gasteiger partial charge in [-0.25, -0.2) is 0 Å². The molecule has 0 saturated heterocycles. The second kappa shape index (κ2) is 10.5. The third kappa shape index (κ3) is 6.20. The lowest BCUT2D eigenvalue weighted by Gasteiger charge is -2.17. The molecular weight excluding hydrogens is 338 g/mol. The van der Waals surface area contributed by atoms with Gasteiger partial charge in [0.1, 0.15) is 0 Å². The number of aryl methyl sites for hydroxylation is 1. The molecule has 0 spiro atoms. The Bertz CT molecular complexity index is 759. The minimum atomic E-state index is 0.411. The van der Waals surface area contributed by atoms with Crippen molar-refractivity contribution >= 4 is 5.96 Å². The number of hydrogen-bond acceptors (Lipinski definition) is 3. The number of rotatable bonds is 8. The quantitative estimate of drug-likeness (QED) is 0.552. The SMILES string of the molecule is CN=C(NCCc1ccc(OC)c(OC)c1)NCC(C)c1cccc(C)c1. The van der Waals surface area contributed by atoms with Gasteiger partial charge in [-0.05, 0) is 42.5 Å².